The van der Waals surface area contributed by atoms with E-state index in [1.54, 1.807) is 41.3 Å². The number of para-hydroxylation sites is 1. The molecule has 0 aromatic heterocycles. The third kappa shape index (κ3) is 5.66. The van der Waals surface area contributed by atoms with Crippen molar-refractivity contribution in [3.8, 4) is 0 Å². The van der Waals surface area contributed by atoms with Gasteiger partial charge in [-0.25, -0.2) is 8.42 Å². The summed E-state index contributed by atoms with van der Waals surface area (Å²) >= 11 is 6.21. The summed E-state index contributed by atoms with van der Waals surface area (Å²) in [5.41, 5.74) is 3.07. The molecule has 7 nitrogen and oxygen atoms in total. The summed E-state index contributed by atoms with van der Waals surface area (Å²) < 4.78 is 28.7. The van der Waals surface area contributed by atoms with Crippen molar-refractivity contribution in [2.45, 2.75) is 31.6 Å². The molecule has 0 bridgehead atoms. The van der Waals surface area contributed by atoms with Crippen molar-refractivity contribution in [1.82, 2.24) is 4.90 Å². The molecule has 3 aromatic carbocycles. The molecule has 2 N–H and O–H groups in total. The summed E-state index contributed by atoms with van der Waals surface area (Å²) in [6.07, 6.45) is 1.91. The van der Waals surface area contributed by atoms with Gasteiger partial charge in [0, 0.05) is 24.3 Å². The quantitative estimate of drug-likeness (QED) is 0.472. The normalized spacial score (nSPS) is 13.5. The molecule has 1 aliphatic rings. The van der Waals surface area contributed by atoms with Gasteiger partial charge < -0.3 is 10.2 Å². The summed E-state index contributed by atoms with van der Waals surface area (Å²) in [4.78, 5) is 27.5. The number of halogens is 1. The van der Waals surface area contributed by atoms with Crippen LogP contribution in [0.5, 0.6) is 0 Å². The van der Waals surface area contributed by atoms with Gasteiger partial charge in [0.25, 0.3) is 21.8 Å². The van der Waals surface area contributed by atoms with E-state index in [0.29, 0.717) is 30.0 Å². The third-order valence-electron chi connectivity index (χ3n) is 5.76. The van der Waals surface area contributed by atoms with Crippen molar-refractivity contribution in [2.75, 3.05) is 23.1 Å². The van der Waals surface area contributed by atoms with E-state index < -0.39 is 15.9 Å². The predicted octanol–water partition coefficient (Wildman–Crippen LogP) is 5.25. The zero-order valence-electron chi connectivity index (χ0n) is 19.5. The first kappa shape index (κ1) is 24.8. The molecule has 0 spiro atoms. The maximum atomic E-state index is 13.1. The van der Waals surface area contributed by atoms with Crippen LogP contribution in [-0.4, -0.2) is 38.2 Å². The minimum absolute atomic E-state index is 0.0111. The van der Waals surface area contributed by atoms with Gasteiger partial charge in [-0.05, 0) is 80.3 Å². The number of aryl methyl sites for hydroxylation is 2. The van der Waals surface area contributed by atoms with Crippen molar-refractivity contribution in [2.24, 2.45) is 0 Å². The highest BCUT2D eigenvalue weighted by atomic mass is 35.5. The van der Waals surface area contributed by atoms with Gasteiger partial charge in [0.1, 0.15) is 4.90 Å². The second-order valence-corrected chi connectivity index (χ2v) is 10.7. The second-order valence-electron chi connectivity index (χ2n) is 8.63. The number of benzene rings is 3. The molecule has 0 aliphatic carbocycles. The Morgan fingerprint density at radius 2 is 1.57 bits per heavy atom. The summed E-state index contributed by atoms with van der Waals surface area (Å²) in [6.45, 7) is 5.12. The monoisotopic (exact) mass is 511 g/mol. The fourth-order valence-corrected chi connectivity index (χ4v) is 5.73. The predicted molar refractivity (Wildman–Crippen MR) is 138 cm³/mol. The fourth-order valence-electron chi connectivity index (χ4n) is 4.16. The lowest BCUT2D eigenvalue weighted by molar-refractivity contribution is 0.0794. The van der Waals surface area contributed by atoms with Crippen molar-refractivity contribution in [3.63, 3.8) is 0 Å². The number of anilines is 2. The Hall–Kier alpha value is -3.36. The minimum Gasteiger partial charge on any atom is -0.339 e. The molecule has 4 rings (SSSR count). The van der Waals surface area contributed by atoms with Gasteiger partial charge >= 0.3 is 0 Å². The van der Waals surface area contributed by atoms with E-state index in [4.69, 9.17) is 11.6 Å². The number of nitrogens with zero attached hydrogens (tertiary/aromatic N) is 1. The largest absolute Gasteiger partial charge is 0.339 e. The Kier molecular flexibility index (Phi) is 7.14. The van der Waals surface area contributed by atoms with E-state index in [-0.39, 0.29) is 21.4 Å². The first-order valence-corrected chi connectivity index (χ1v) is 13.1. The highest BCUT2D eigenvalue weighted by Crippen LogP contribution is 2.27. The standard InChI is InChI=1S/C26H26ClN3O4S/c1-17-13-18(2)15-20(14-17)29-35(33,34)24-16-19(9-10-22(24)27)25(31)28-23-8-4-3-7-21(23)26(32)30-11-5-6-12-30/h3-4,7-10,13-16,29H,5-6,11-12H2,1-2H3,(H,28,31). The van der Waals surface area contributed by atoms with Crippen LogP contribution in [0.25, 0.3) is 0 Å². The number of hydrogen-bond acceptors (Lipinski definition) is 4. The lowest BCUT2D eigenvalue weighted by Crippen LogP contribution is -2.28. The maximum Gasteiger partial charge on any atom is 0.263 e. The molecule has 1 fully saturated rings. The van der Waals surface area contributed by atoms with E-state index >= 15 is 0 Å². The molecular weight excluding hydrogens is 486 g/mol. The summed E-state index contributed by atoms with van der Waals surface area (Å²) in [6, 6.07) is 16.2. The van der Waals surface area contributed by atoms with Crippen LogP contribution >= 0.6 is 11.6 Å². The van der Waals surface area contributed by atoms with Crippen molar-refractivity contribution in [1.29, 1.82) is 0 Å². The van der Waals surface area contributed by atoms with Crippen LogP contribution < -0.4 is 10.0 Å². The molecule has 3 aromatic rings. The molecule has 0 atom stereocenters. The third-order valence-corrected chi connectivity index (χ3v) is 7.62. The number of likely N-dealkylation sites (tertiary alicyclic amines) is 1. The van der Waals surface area contributed by atoms with Crippen LogP contribution in [0, 0.1) is 13.8 Å². The lowest BCUT2D eigenvalue weighted by Gasteiger charge is -2.18. The van der Waals surface area contributed by atoms with Crippen LogP contribution in [0.4, 0.5) is 11.4 Å². The minimum atomic E-state index is -4.06. The molecule has 0 unspecified atom stereocenters. The lowest BCUT2D eigenvalue weighted by atomic mass is 10.1. The molecule has 1 saturated heterocycles. The van der Waals surface area contributed by atoms with Crippen LogP contribution in [0.2, 0.25) is 5.02 Å². The van der Waals surface area contributed by atoms with Crippen molar-refractivity contribution >= 4 is 44.8 Å². The molecule has 35 heavy (non-hydrogen) atoms. The first-order valence-electron chi connectivity index (χ1n) is 11.2. The van der Waals surface area contributed by atoms with Gasteiger partial charge in [-0.1, -0.05) is 29.8 Å². The number of nitrogens with one attached hydrogen (secondary N) is 2. The molecule has 1 heterocycles. The average molecular weight is 512 g/mol. The highest BCUT2D eigenvalue weighted by molar-refractivity contribution is 7.92. The van der Waals surface area contributed by atoms with Crippen LogP contribution in [0.3, 0.4) is 0 Å². The van der Waals surface area contributed by atoms with Crippen molar-refractivity contribution in [3.05, 3.63) is 87.9 Å². The number of hydrogen-bond donors (Lipinski definition) is 2. The Bertz CT molecular complexity index is 1380. The summed E-state index contributed by atoms with van der Waals surface area (Å²) in [7, 11) is -4.06. The smallest absolute Gasteiger partial charge is 0.263 e. The van der Waals surface area contributed by atoms with Crippen LogP contribution in [-0.2, 0) is 10.0 Å². The Morgan fingerprint density at radius 3 is 2.26 bits per heavy atom. The number of carbonyl (C=O) groups excluding carboxylic acids is 2. The van der Waals surface area contributed by atoms with E-state index in [1.807, 2.05) is 19.9 Å². The SMILES string of the molecule is Cc1cc(C)cc(NS(=O)(=O)c2cc(C(=O)Nc3ccccc3C(=O)N3CCCC3)ccc2Cl)c1. The topological polar surface area (TPSA) is 95.6 Å². The van der Waals surface area contributed by atoms with E-state index in [1.165, 1.54) is 18.2 Å². The average Bonchev–Trinajstić information content (AvgIpc) is 3.33. The number of sulfonamides is 1. The zero-order valence-corrected chi connectivity index (χ0v) is 21.0. The maximum absolute atomic E-state index is 13.1. The summed E-state index contributed by atoms with van der Waals surface area (Å²) in [5.74, 6) is -0.693. The summed E-state index contributed by atoms with van der Waals surface area (Å²) in [5, 5.41) is 2.74. The molecular formula is C26H26ClN3O4S. The Morgan fingerprint density at radius 1 is 0.914 bits per heavy atom. The van der Waals surface area contributed by atoms with Crippen LogP contribution in [0.15, 0.2) is 65.6 Å². The zero-order chi connectivity index (χ0) is 25.2. The highest BCUT2D eigenvalue weighted by Gasteiger charge is 2.24. The molecule has 9 heteroatoms. The Balaban J connectivity index is 1.59. The van der Waals surface area contributed by atoms with Crippen molar-refractivity contribution < 1.29 is 18.0 Å². The van der Waals surface area contributed by atoms with E-state index in [0.717, 1.165) is 24.0 Å². The van der Waals surface area contributed by atoms with E-state index in [2.05, 4.69) is 10.0 Å². The Labute approximate surface area is 210 Å². The van der Waals surface area contributed by atoms with Gasteiger partial charge in [0.2, 0.25) is 0 Å². The first-order chi connectivity index (χ1) is 16.6. The number of carbonyl (C=O) groups is 2. The molecule has 182 valence electrons. The number of amides is 2. The molecule has 0 radical (unpaired) electrons. The number of rotatable bonds is 6. The molecule has 0 saturated carbocycles. The fraction of sp³-hybridized carbons (Fsp3) is 0.231. The van der Waals surface area contributed by atoms with Gasteiger partial charge in [-0.15, -0.1) is 0 Å². The van der Waals surface area contributed by atoms with E-state index in [9.17, 15) is 18.0 Å². The van der Waals surface area contributed by atoms with Crippen LogP contribution in [0.1, 0.15) is 44.7 Å². The molecule has 2 amide bonds. The van der Waals surface area contributed by atoms with Gasteiger partial charge in [0.15, 0.2) is 0 Å². The molecule has 1 aliphatic heterocycles. The van der Waals surface area contributed by atoms with Gasteiger partial charge in [0.05, 0.1) is 16.3 Å². The van der Waals surface area contributed by atoms with Gasteiger partial charge in [-0.2, -0.15) is 0 Å². The van der Waals surface area contributed by atoms with Gasteiger partial charge in [-0.3, -0.25) is 14.3 Å². The second kappa shape index (κ2) is 10.1.